The van der Waals surface area contributed by atoms with Gasteiger partial charge in [-0.1, -0.05) is 23.7 Å². The van der Waals surface area contributed by atoms with Gasteiger partial charge in [0, 0.05) is 20.1 Å². The van der Waals surface area contributed by atoms with Gasteiger partial charge in [0.2, 0.25) is 5.91 Å². The van der Waals surface area contributed by atoms with Crippen LogP contribution in [0.5, 0.6) is 5.75 Å². The lowest BCUT2D eigenvalue weighted by molar-refractivity contribution is -0.130. The number of carbonyl (C=O) groups excluding carboxylic acids is 1. The molecule has 0 fully saturated rings. The largest absolute Gasteiger partial charge is 0.490 e. The zero-order chi connectivity index (χ0) is 14.1. The number of aliphatic hydroxyl groups excluding tert-OH is 1. The van der Waals surface area contributed by atoms with E-state index < -0.39 is 0 Å². The average Bonchev–Trinajstić information content (AvgIpc) is 2.41. The number of aliphatic hydroxyl groups is 1. The predicted molar refractivity (Wildman–Crippen MR) is 75.5 cm³/mol. The normalized spacial score (nSPS) is 10.3. The molecule has 1 aromatic rings. The summed E-state index contributed by atoms with van der Waals surface area (Å²) in [4.78, 5) is 13.3. The van der Waals surface area contributed by atoms with Crippen molar-refractivity contribution in [3.63, 3.8) is 0 Å². The van der Waals surface area contributed by atoms with Crippen molar-refractivity contribution in [1.29, 1.82) is 0 Å². The standard InChI is InChI=1S/C14H20ClNO3/c1-16(14(18)8-4-5-10-17)9-11-19-13-7-3-2-6-12(13)15/h2-3,6-7,17H,4-5,8-11H2,1H3. The molecule has 0 unspecified atom stereocenters. The second-order valence-electron chi connectivity index (χ2n) is 4.27. The zero-order valence-electron chi connectivity index (χ0n) is 11.1. The van der Waals surface area contributed by atoms with Crippen LogP contribution in [0, 0.1) is 0 Å². The molecule has 0 heterocycles. The number of rotatable bonds is 8. The fraction of sp³-hybridized carbons (Fsp3) is 0.500. The van der Waals surface area contributed by atoms with Crippen molar-refractivity contribution in [3.8, 4) is 5.75 Å². The minimum absolute atomic E-state index is 0.0659. The third-order valence-corrected chi connectivity index (χ3v) is 3.06. The molecule has 19 heavy (non-hydrogen) atoms. The first-order chi connectivity index (χ1) is 9.15. The van der Waals surface area contributed by atoms with Crippen LogP contribution in [0.4, 0.5) is 0 Å². The molecule has 4 nitrogen and oxygen atoms in total. The highest BCUT2D eigenvalue weighted by atomic mass is 35.5. The summed E-state index contributed by atoms with van der Waals surface area (Å²) in [6.45, 7) is 1.06. The van der Waals surface area contributed by atoms with Gasteiger partial charge in [-0.05, 0) is 25.0 Å². The lowest BCUT2D eigenvalue weighted by atomic mass is 10.2. The van der Waals surface area contributed by atoms with E-state index in [1.54, 1.807) is 24.1 Å². The molecule has 0 aliphatic carbocycles. The smallest absolute Gasteiger partial charge is 0.222 e. The Morgan fingerprint density at radius 2 is 2.11 bits per heavy atom. The summed E-state index contributed by atoms with van der Waals surface area (Å²) in [6, 6.07) is 7.25. The molecular formula is C14H20ClNO3. The van der Waals surface area contributed by atoms with Gasteiger partial charge < -0.3 is 14.7 Å². The Kier molecular flexibility index (Phi) is 7.30. The number of amides is 1. The molecule has 0 atom stereocenters. The van der Waals surface area contributed by atoms with E-state index in [9.17, 15) is 4.79 Å². The van der Waals surface area contributed by atoms with Gasteiger partial charge in [0.15, 0.2) is 0 Å². The number of likely N-dealkylation sites (N-methyl/N-ethyl adjacent to an activating group) is 1. The third kappa shape index (κ3) is 5.94. The molecule has 0 aliphatic heterocycles. The van der Waals surface area contributed by atoms with E-state index in [1.165, 1.54) is 0 Å². The van der Waals surface area contributed by atoms with Crippen molar-refractivity contribution < 1.29 is 14.6 Å². The summed E-state index contributed by atoms with van der Waals surface area (Å²) < 4.78 is 5.52. The summed E-state index contributed by atoms with van der Waals surface area (Å²) in [5, 5.41) is 9.22. The molecule has 0 aromatic heterocycles. The Hall–Kier alpha value is -1.26. The van der Waals surface area contributed by atoms with Gasteiger partial charge >= 0.3 is 0 Å². The molecule has 1 N–H and O–H groups in total. The Balaban J connectivity index is 2.25. The fourth-order valence-corrected chi connectivity index (χ4v) is 1.75. The van der Waals surface area contributed by atoms with E-state index in [-0.39, 0.29) is 12.5 Å². The first kappa shape index (κ1) is 15.8. The van der Waals surface area contributed by atoms with Crippen LogP contribution >= 0.6 is 11.6 Å². The van der Waals surface area contributed by atoms with Crippen LogP contribution in [0.25, 0.3) is 0 Å². The van der Waals surface area contributed by atoms with Gasteiger partial charge in [0.25, 0.3) is 0 Å². The van der Waals surface area contributed by atoms with Crippen LogP contribution in [0.15, 0.2) is 24.3 Å². The number of nitrogens with zero attached hydrogens (tertiary/aromatic N) is 1. The van der Waals surface area contributed by atoms with Gasteiger partial charge in [-0.2, -0.15) is 0 Å². The maximum Gasteiger partial charge on any atom is 0.222 e. The summed E-state index contributed by atoms with van der Waals surface area (Å²) >= 11 is 5.96. The highest BCUT2D eigenvalue weighted by Gasteiger charge is 2.08. The molecule has 0 saturated carbocycles. The Morgan fingerprint density at radius 1 is 1.37 bits per heavy atom. The zero-order valence-corrected chi connectivity index (χ0v) is 11.9. The number of benzene rings is 1. The van der Waals surface area contributed by atoms with Gasteiger partial charge in [0.05, 0.1) is 11.6 Å². The van der Waals surface area contributed by atoms with E-state index in [1.807, 2.05) is 12.1 Å². The molecule has 1 amide bonds. The number of ether oxygens (including phenoxy) is 1. The first-order valence-electron chi connectivity index (χ1n) is 6.37. The lowest BCUT2D eigenvalue weighted by Gasteiger charge is -2.17. The van der Waals surface area contributed by atoms with Crippen molar-refractivity contribution in [2.75, 3.05) is 26.8 Å². The minimum Gasteiger partial charge on any atom is -0.490 e. The summed E-state index contributed by atoms with van der Waals surface area (Å²) in [5.41, 5.74) is 0. The van der Waals surface area contributed by atoms with E-state index >= 15 is 0 Å². The SMILES string of the molecule is CN(CCOc1ccccc1Cl)C(=O)CCCCO. The molecule has 0 aliphatic rings. The van der Waals surface area contributed by atoms with Crippen LogP contribution in [0.3, 0.4) is 0 Å². The quantitative estimate of drug-likeness (QED) is 0.746. The second-order valence-corrected chi connectivity index (χ2v) is 4.68. The molecule has 0 radical (unpaired) electrons. The van der Waals surface area contributed by atoms with E-state index in [0.717, 1.165) is 0 Å². The van der Waals surface area contributed by atoms with Crippen molar-refractivity contribution in [1.82, 2.24) is 4.90 Å². The van der Waals surface area contributed by atoms with Crippen molar-refractivity contribution in [3.05, 3.63) is 29.3 Å². The number of hydrogen-bond acceptors (Lipinski definition) is 3. The molecule has 0 bridgehead atoms. The van der Waals surface area contributed by atoms with Crippen LogP contribution in [-0.2, 0) is 4.79 Å². The fourth-order valence-electron chi connectivity index (χ4n) is 1.56. The molecule has 1 aromatic carbocycles. The number of unbranched alkanes of at least 4 members (excludes halogenated alkanes) is 1. The van der Waals surface area contributed by atoms with Gasteiger partial charge in [-0.15, -0.1) is 0 Å². The number of para-hydroxylation sites is 1. The number of carbonyl (C=O) groups is 1. The summed E-state index contributed by atoms with van der Waals surface area (Å²) in [6.07, 6.45) is 1.84. The Morgan fingerprint density at radius 3 is 2.79 bits per heavy atom. The lowest BCUT2D eigenvalue weighted by Crippen LogP contribution is -2.30. The maximum absolute atomic E-state index is 11.7. The van der Waals surface area contributed by atoms with Crippen LogP contribution in [0.2, 0.25) is 5.02 Å². The van der Waals surface area contributed by atoms with Gasteiger partial charge in [-0.25, -0.2) is 0 Å². The molecule has 106 valence electrons. The molecule has 0 spiro atoms. The van der Waals surface area contributed by atoms with Gasteiger partial charge in [-0.3, -0.25) is 4.79 Å². The van der Waals surface area contributed by atoms with Gasteiger partial charge in [0.1, 0.15) is 12.4 Å². The van der Waals surface area contributed by atoms with E-state index in [0.29, 0.717) is 43.2 Å². The average molecular weight is 286 g/mol. The second kappa shape index (κ2) is 8.77. The topological polar surface area (TPSA) is 49.8 Å². The minimum atomic E-state index is 0.0659. The summed E-state index contributed by atoms with van der Waals surface area (Å²) in [5.74, 6) is 0.696. The van der Waals surface area contributed by atoms with Crippen molar-refractivity contribution >= 4 is 17.5 Å². The Bertz CT molecular complexity index is 398. The highest BCUT2D eigenvalue weighted by molar-refractivity contribution is 6.32. The molecular weight excluding hydrogens is 266 g/mol. The Labute approximate surface area is 118 Å². The molecule has 0 saturated heterocycles. The van der Waals surface area contributed by atoms with Crippen LogP contribution in [-0.4, -0.2) is 42.7 Å². The van der Waals surface area contributed by atoms with Crippen LogP contribution in [0.1, 0.15) is 19.3 Å². The van der Waals surface area contributed by atoms with Crippen molar-refractivity contribution in [2.45, 2.75) is 19.3 Å². The maximum atomic E-state index is 11.7. The van der Waals surface area contributed by atoms with E-state index in [2.05, 4.69) is 0 Å². The van der Waals surface area contributed by atoms with E-state index in [4.69, 9.17) is 21.4 Å². The predicted octanol–water partition coefficient (Wildman–Crippen LogP) is 2.34. The number of halogens is 1. The number of hydrogen-bond donors (Lipinski definition) is 1. The van der Waals surface area contributed by atoms with Crippen LogP contribution < -0.4 is 4.74 Å². The highest BCUT2D eigenvalue weighted by Crippen LogP contribution is 2.22. The molecule has 1 rings (SSSR count). The third-order valence-electron chi connectivity index (χ3n) is 2.75. The first-order valence-corrected chi connectivity index (χ1v) is 6.75. The molecule has 5 heteroatoms. The van der Waals surface area contributed by atoms with Crippen molar-refractivity contribution in [2.24, 2.45) is 0 Å². The summed E-state index contributed by atoms with van der Waals surface area (Å²) in [7, 11) is 1.75. The monoisotopic (exact) mass is 285 g/mol.